The van der Waals surface area contributed by atoms with E-state index < -0.39 is 0 Å². The van der Waals surface area contributed by atoms with E-state index in [4.69, 9.17) is 16.7 Å². The van der Waals surface area contributed by atoms with E-state index in [1.807, 2.05) is 0 Å². The number of carbonyl (C=O) groups is 1. The van der Waals surface area contributed by atoms with Crippen LogP contribution in [0.2, 0.25) is 5.15 Å². The second-order valence-corrected chi connectivity index (χ2v) is 5.18. The first-order valence-electron chi connectivity index (χ1n) is 6.44. The van der Waals surface area contributed by atoms with E-state index in [0.717, 1.165) is 31.7 Å². The van der Waals surface area contributed by atoms with Gasteiger partial charge in [-0.05, 0) is 31.9 Å². The number of aromatic nitrogens is 1. The molecule has 2 rings (SSSR count). The van der Waals surface area contributed by atoms with Crippen LogP contribution in [0, 0.1) is 0 Å². The Morgan fingerprint density at radius 2 is 2.21 bits per heavy atom. The van der Waals surface area contributed by atoms with Gasteiger partial charge < -0.3 is 15.3 Å². The number of nitrogens with zero attached hydrogens (tertiary/aromatic N) is 2. The van der Waals surface area contributed by atoms with E-state index in [1.54, 1.807) is 19.1 Å². The predicted molar refractivity (Wildman–Crippen MR) is 74.7 cm³/mol. The molecule has 19 heavy (non-hydrogen) atoms. The van der Waals surface area contributed by atoms with Gasteiger partial charge in [0, 0.05) is 24.7 Å². The monoisotopic (exact) mass is 283 g/mol. The first-order valence-corrected chi connectivity index (χ1v) is 6.82. The summed E-state index contributed by atoms with van der Waals surface area (Å²) in [4.78, 5) is 18.4. The van der Waals surface area contributed by atoms with Crippen LogP contribution in [0.4, 0.5) is 5.82 Å². The van der Waals surface area contributed by atoms with Crippen molar-refractivity contribution in [1.29, 1.82) is 0 Å². The molecule has 0 radical (unpaired) electrons. The van der Waals surface area contributed by atoms with Crippen LogP contribution in [0.1, 0.15) is 30.1 Å². The molecule has 5 nitrogen and oxygen atoms in total. The van der Waals surface area contributed by atoms with E-state index in [1.165, 1.54) is 0 Å². The molecule has 1 aliphatic rings. The molecule has 1 aromatic heterocycles. The maximum absolute atomic E-state index is 12.0. The van der Waals surface area contributed by atoms with Gasteiger partial charge in [0.25, 0.3) is 5.91 Å². The SMILES string of the molecule is CC(CO)NC(=O)c1cc(Cl)nc(N2CCCC2)c1. The van der Waals surface area contributed by atoms with Crippen LogP contribution >= 0.6 is 11.6 Å². The number of hydrogen-bond donors (Lipinski definition) is 2. The van der Waals surface area contributed by atoms with Crippen LogP contribution in [0.5, 0.6) is 0 Å². The van der Waals surface area contributed by atoms with Crippen molar-refractivity contribution in [2.45, 2.75) is 25.8 Å². The molecule has 104 valence electrons. The third-order valence-electron chi connectivity index (χ3n) is 3.12. The van der Waals surface area contributed by atoms with Gasteiger partial charge in [-0.2, -0.15) is 0 Å². The molecule has 1 fully saturated rings. The minimum absolute atomic E-state index is 0.0937. The minimum Gasteiger partial charge on any atom is -0.394 e. The fourth-order valence-corrected chi connectivity index (χ4v) is 2.28. The summed E-state index contributed by atoms with van der Waals surface area (Å²) in [5.41, 5.74) is 0.474. The van der Waals surface area contributed by atoms with Crippen LogP contribution in [0.25, 0.3) is 0 Å². The van der Waals surface area contributed by atoms with Crippen molar-refractivity contribution in [2.24, 2.45) is 0 Å². The summed E-state index contributed by atoms with van der Waals surface area (Å²) in [5.74, 6) is 0.498. The highest BCUT2D eigenvalue weighted by Crippen LogP contribution is 2.22. The number of hydrogen-bond acceptors (Lipinski definition) is 4. The second-order valence-electron chi connectivity index (χ2n) is 4.79. The van der Waals surface area contributed by atoms with E-state index in [2.05, 4.69) is 15.2 Å². The number of nitrogens with one attached hydrogen (secondary N) is 1. The zero-order chi connectivity index (χ0) is 13.8. The molecular weight excluding hydrogens is 266 g/mol. The lowest BCUT2D eigenvalue weighted by Gasteiger charge is -2.18. The maximum Gasteiger partial charge on any atom is 0.251 e. The number of pyridine rings is 1. The Morgan fingerprint density at radius 1 is 1.53 bits per heavy atom. The number of aliphatic hydroxyl groups excluding tert-OH is 1. The molecule has 1 unspecified atom stereocenters. The van der Waals surface area contributed by atoms with Gasteiger partial charge in [0.2, 0.25) is 0 Å². The van der Waals surface area contributed by atoms with E-state index >= 15 is 0 Å². The Bertz CT molecular complexity index is 461. The molecule has 0 aromatic carbocycles. The fourth-order valence-electron chi connectivity index (χ4n) is 2.08. The summed E-state index contributed by atoms with van der Waals surface area (Å²) in [5, 5.41) is 12.0. The molecule has 0 bridgehead atoms. The second kappa shape index (κ2) is 6.21. The molecule has 1 aromatic rings. The molecule has 1 amide bonds. The lowest BCUT2D eigenvalue weighted by molar-refractivity contribution is 0.0922. The highest BCUT2D eigenvalue weighted by molar-refractivity contribution is 6.29. The van der Waals surface area contributed by atoms with Crippen LogP contribution in [0.3, 0.4) is 0 Å². The molecular formula is C13H18ClN3O2. The van der Waals surface area contributed by atoms with Crippen LogP contribution in [-0.4, -0.2) is 41.7 Å². The number of rotatable bonds is 4. The van der Waals surface area contributed by atoms with E-state index in [9.17, 15) is 4.79 Å². The average Bonchev–Trinajstić information content (AvgIpc) is 2.91. The standard InChI is InChI=1S/C13H18ClN3O2/c1-9(8-18)15-13(19)10-6-11(14)16-12(7-10)17-4-2-3-5-17/h6-7,9,18H,2-5,8H2,1H3,(H,15,19). The molecule has 0 aliphatic carbocycles. The van der Waals surface area contributed by atoms with Crippen LogP contribution < -0.4 is 10.2 Å². The average molecular weight is 284 g/mol. The van der Waals surface area contributed by atoms with Crippen LogP contribution in [-0.2, 0) is 0 Å². The molecule has 1 saturated heterocycles. The van der Waals surface area contributed by atoms with Crippen molar-refractivity contribution in [3.05, 3.63) is 22.8 Å². The first kappa shape index (κ1) is 14.1. The summed E-state index contributed by atoms with van der Waals surface area (Å²) >= 11 is 5.98. The first-order chi connectivity index (χ1) is 9.10. The smallest absolute Gasteiger partial charge is 0.251 e. The molecule has 0 spiro atoms. The van der Waals surface area contributed by atoms with Crippen LogP contribution in [0.15, 0.2) is 12.1 Å². The van der Waals surface area contributed by atoms with Gasteiger partial charge >= 0.3 is 0 Å². The van der Waals surface area contributed by atoms with Crippen molar-refractivity contribution in [3.63, 3.8) is 0 Å². The normalized spacial score (nSPS) is 16.5. The highest BCUT2D eigenvalue weighted by atomic mass is 35.5. The van der Waals surface area contributed by atoms with Gasteiger partial charge in [-0.15, -0.1) is 0 Å². The summed E-state index contributed by atoms with van der Waals surface area (Å²) in [6, 6.07) is 3.01. The molecule has 0 saturated carbocycles. The van der Waals surface area contributed by atoms with Crippen molar-refractivity contribution in [1.82, 2.24) is 10.3 Å². The Hall–Kier alpha value is -1.33. The molecule has 1 aliphatic heterocycles. The summed E-state index contributed by atoms with van der Waals surface area (Å²) < 4.78 is 0. The number of aliphatic hydroxyl groups is 1. The van der Waals surface area contributed by atoms with E-state index in [-0.39, 0.29) is 18.6 Å². The molecule has 6 heteroatoms. The summed E-state index contributed by atoms with van der Waals surface area (Å²) in [7, 11) is 0. The quantitative estimate of drug-likeness (QED) is 0.821. The maximum atomic E-state index is 12.0. The fraction of sp³-hybridized carbons (Fsp3) is 0.538. The number of carbonyl (C=O) groups excluding carboxylic acids is 1. The van der Waals surface area contributed by atoms with Gasteiger partial charge in [-0.1, -0.05) is 11.6 Å². The molecule has 1 atom stereocenters. The van der Waals surface area contributed by atoms with Gasteiger partial charge in [0.05, 0.1) is 6.61 Å². The number of halogens is 1. The van der Waals surface area contributed by atoms with Gasteiger partial charge in [0.1, 0.15) is 11.0 Å². The Labute approximate surface area is 117 Å². The zero-order valence-corrected chi connectivity index (χ0v) is 11.7. The summed E-state index contributed by atoms with van der Waals surface area (Å²) in [6.07, 6.45) is 2.27. The topological polar surface area (TPSA) is 65.5 Å². The highest BCUT2D eigenvalue weighted by Gasteiger charge is 2.17. The Balaban J connectivity index is 2.18. The van der Waals surface area contributed by atoms with Crippen molar-refractivity contribution in [3.8, 4) is 0 Å². The van der Waals surface area contributed by atoms with Gasteiger partial charge in [-0.3, -0.25) is 4.79 Å². The molecule has 2 heterocycles. The zero-order valence-electron chi connectivity index (χ0n) is 10.9. The van der Waals surface area contributed by atoms with E-state index in [0.29, 0.717) is 10.7 Å². The van der Waals surface area contributed by atoms with Gasteiger partial charge in [0.15, 0.2) is 0 Å². The Morgan fingerprint density at radius 3 is 2.84 bits per heavy atom. The lowest BCUT2D eigenvalue weighted by Crippen LogP contribution is -2.35. The van der Waals surface area contributed by atoms with Gasteiger partial charge in [-0.25, -0.2) is 4.98 Å². The van der Waals surface area contributed by atoms with Crippen molar-refractivity contribution < 1.29 is 9.90 Å². The molecule has 2 N–H and O–H groups in total. The third-order valence-corrected chi connectivity index (χ3v) is 3.32. The largest absolute Gasteiger partial charge is 0.394 e. The lowest BCUT2D eigenvalue weighted by atomic mass is 10.2. The summed E-state index contributed by atoms with van der Waals surface area (Å²) in [6.45, 7) is 3.54. The predicted octanol–water partition coefficient (Wildman–Crippen LogP) is 1.45. The minimum atomic E-state index is -0.283. The van der Waals surface area contributed by atoms with Crippen molar-refractivity contribution in [2.75, 3.05) is 24.6 Å². The Kier molecular flexibility index (Phi) is 4.61. The number of anilines is 1. The third kappa shape index (κ3) is 3.58. The number of amides is 1. The van der Waals surface area contributed by atoms with Crippen molar-refractivity contribution >= 4 is 23.3 Å².